The Morgan fingerprint density at radius 2 is 2.05 bits per heavy atom. The first-order valence-electron chi connectivity index (χ1n) is 7.33. The molecule has 0 atom stereocenters. The lowest BCUT2D eigenvalue weighted by molar-refractivity contribution is 0.288. The van der Waals surface area contributed by atoms with E-state index in [1.807, 2.05) is 6.07 Å². The molecule has 0 aromatic carbocycles. The molecule has 0 bridgehead atoms. The van der Waals surface area contributed by atoms with Crippen molar-refractivity contribution in [3.05, 3.63) is 17.0 Å². The summed E-state index contributed by atoms with van der Waals surface area (Å²) in [5.41, 5.74) is 0. The van der Waals surface area contributed by atoms with Crippen LogP contribution in [0.3, 0.4) is 0 Å². The van der Waals surface area contributed by atoms with Crippen molar-refractivity contribution in [3.8, 4) is 0 Å². The van der Waals surface area contributed by atoms with Gasteiger partial charge in [-0.2, -0.15) is 4.31 Å². The molecule has 0 spiro atoms. The lowest BCUT2D eigenvalue weighted by Gasteiger charge is -2.28. The van der Waals surface area contributed by atoms with Crippen LogP contribution in [-0.4, -0.2) is 32.4 Å². The van der Waals surface area contributed by atoms with Gasteiger partial charge in [-0.25, -0.2) is 8.42 Å². The molecule has 1 aromatic rings. The van der Waals surface area contributed by atoms with Crippen LogP contribution in [0.1, 0.15) is 38.0 Å². The minimum Gasteiger partial charge on any atom is -0.312 e. The van der Waals surface area contributed by atoms with Gasteiger partial charge in [0.2, 0.25) is 0 Å². The number of sulfonamides is 1. The molecule has 6 heteroatoms. The molecule has 1 fully saturated rings. The second-order valence-corrected chi connectivity index (χ2v) is 8.82. The summed E-state index contributed by atoms with van der Waals surface area (Å²) in [6, 6.07) is 3.67. The molecule has 1 aromatic heterocycles. The largest absolute Gasteiger partial charge is 0.312 e. The van der Waals surface area contributed by atoms with Crippen LogP contribution < -0.4 is 5.32 Å². The summed E-state index contributed by atoms with van der Waals surface area (Å²) in [5.74, 6) is 0.638. The zero-order chi connectivity index (χ0) is 14.6. The quantitative estimate of drug-likeness (QED) is 0.821. The van der Waals surface area contributed by atoms with Gasteiger partial charge in [0.25, 0.3) is 10.0 Å². The van der Waals surface area contributed by atoms with Gasteiger partial charge >= 0.3 is 0 Å². The molecule has 0 unspecified atom stereocenters. The van der Waals surface area contributed by atoms with Crippen LogP contribution in [-0.2, 0) is 16.6 Å². The highest BCUT2D eigenvalue weighted by Crippen LogP contribution is 2.28. The van der Waals surface area contributed by atoms with Gasteiger partial charge in [0, 0.05) is 24.5 Å². The molecule has 114 valence electrons. The lowest BCUT2D eigenvalue weighted by Crippen LogP contribution is -2.37. The maximum absolute atomic E-state index is 12.6. The SMILES string of the molecule is CCCNCc1ccc(S(=O)(=O)N2CCC(C)CC2)s1. The molecule has 1 N–H and O–H groups in total. The van der Waals surface area contributed by atoms with Gasteiger partial charge in [0.05, 0.1) is 0 Å². The van der Waals surface area contributed by atoms with Gasteiger partial charge in [0.1, 0.15) is 4.21 Å². The van der Waals surface area contributed by atoms with E-state index in [0.717, 1.165) is 37.2 Å². The molecule has 0 aliphatic carbocycles. The third-order valence-corrected chi connectivity index (χ3v) is 7.15. The zero-order valence-electron chi connectivity index (χ0n) is 12.3. The van der Waals surface area contributed by atoms with Gasteiger partial charge in [0.15, 0.2) is 0 Å². The van der Waals surface area contributed by atoms with Crippen molar-refractivity contribution in [2.75, 3.05) is 19.6 Å². The minimum atomic E-state index is -3.27. The fourth-order valence-corrected chi connectivity index (χ4v) is 5.28. The Hall–Kier alpha value is -0.430. The second kappa shape index (κ2) is 7.02. The van der Waals surface area contributed by atoms with Crippen molar-refractivity contribution in [3.63, 3.8) is 0 Å². The smallest absolute Gasteiger partial charge is 0.252 e. The number of piperidine rings is 1. The van der Waals surface area contributed by atoms with Gasteiger partial charge < -0.3 is 5.32 Å². The van der Waals surface area contributed by atoms with E-state index in [-0.39, 0.29) is 0 Å². The first-order valence-corrected chi connectivity index (χ1v) is 9.59. The zero-order valence-corrected chi connectivity index (χ0v) is 13.9. The van der Waals surface area contributed by atoms with Crippen molar-refractivity contribution in [1.29, 1.82) is 0 Å². The predicted octanol–water partition coefficient (Wildman–Crippen LogP) is 2.67. The van der Waals surface area contributed by atoms with Crippen molar-refractivity contribution in [2.45, 2.75) is 43.9 Å². The van der Waals surface area contributed by atoms with Gasteiger partial charge in [-0.1, -0.05) is 13.8 Å². The summed E-state index contributed by atoms with van der Waals surface area (Å²) in [6.07, 6.45) is 3.02. The van der Waals surface area contributed by atoms with E-state index in [1.165, 1.54) is 11.3 Å². The summed E-state index contributed by atoms with van der Waals surface area (Å²) in [4.78, 5) is 1.09. The standard InChI is InChI=1S/C14H24N2O2S2/c1-3-8-15-11-13-4-5-14(19-13)20(17,18)16-9-6-12(2)7-10-16/h4-5,12,15H,3,6-11H2,1-2H3. The number of nitrogens with one attached hydrogen (secondary N) is 1. The van der Waals surface area contributed by atoms with Crippen LogP contribution in [0, 0.1) is 5.92 Å². The highest BCUT2D eigenvalue weighted by Gasteiger charge is 2.29. The molecular weight excluding hydrogens is 292 g/mol. The first-order chi connectivity index (χ1) is 9.54. The van der Waals surface area contributed by atoms with Crippen molar-refractivity contribution >= 4 is 21.4 Å². The maximum Gasteiger partial charge on any atom is 0.252 e. The molecule has 2 heterocycles. The van der Waals surface area contributed by atoms with E-state index in [1.54, 1.807) is 10.4 Å². The van der Waals surface area contributed by atoms with Crippen LogP contribution in [0.4, 0.5) is 0 Å². The first kappa shape index (κ1) is 15.9. The molecular formula is C14H24N2O2S2. The summed E-state index contributed by atoms with van der Waals surface area (Å²) < 4.78 is 27.2. The second-order valence-electron chi connectivity index (χ2n) is 5.48. The van der Waals surface area contributed by atoms with E-state index >= 15 is 0 Å². The van der Waals surface area contributed by atoms with E-state index in [9.17, 15) is 8.42 Å². The third-order valence-electron chi connectivity index (χ3n) is 3.70. The fourth-order valence-electron chi connectivity index (χ4n) is 2.33. The summed E-state index contributed by atoms with van der Waals surface area (Å²) in [5, 5.41) is 3.30. The average Bonchev–Trinajstić information content (AvgIpc) is 2.89. The molecule has 0 saturated carbocycles. The molecule has 1 aliphatic rings. The van der Waals surface area contributed by atoms with Crippen LogP contribution >= 0.6 is 11.3 Å². The highest BCUT2D eigenvalue weighted by atomic mass is 32.2. The van der Waals surface area contributed by atoms with Gasteiger partial charge in [-0.3, -0.25) is 0 Å². The fraction of sp³-hybridized carbons (Fsp3) is 0.714. The molecule has 0 amide bonds. The van der Waals surface area contributed by atoms with Crippen molar-refractivity contribution in [2.24, 2.45) is 5.92 Å². The van der Waals surface area contributed by atoms with Gasteiger partial charge in [-0.15, -0.1) is 11.3 Å². The Kier molecular flexibility index (Phi) is 5.60. The number of nitrogens with zero attached hydrogens (tertiary/aromatic N) is 1. The average molecular weight is 316 g/mol. The summed E-state index contributed by atoms with van der Waals surface area (Å²) in [6.45, 7) is 7.34. The van der Waals surface area contributed by atoms with Crippen LogP contribution in [0.5, 0.6) is 0 Å². The van der Waals surface area contributed by atoms with E-state index < -0.39 is 10.0 Å². The van der Waals surface area contributed by atoms with E-state index in [0.29, 0.717) is 23.2 Å². The molecule has 2 rings (SSSR count). The maximum atomic E-state index is 12.6. The normalized spacial score (nSPS) is 18.5. The topological polar surface area (TPSA) is 49.4 Å². The molecule has 20 heavy (non-hydrogen) atoms. The number of hydrogen-bond acceptors (Lipinski definition) is 4. The Bertz CT molecular complexity index is 517. The lowest BCUT2D eigenvalue weighted by atomic mass is 10.0. The number of thiophene rings is 1. The molecule has 4 nitrogen and oxygen atoms in total. The van der Waals surface area contributed by atoms with Crippen molar-refractivity contribution in [1.82, 2.24) is 9.62 Å². The van der Waals surface area contributed by atoms with Gasteiger partial charge in [-0.05, 0) is 43.9 Å². The van der Waals surface area contributed by atoms with E-state index in [4.69, 9.17) is 0 Å². The number of hydrogen-bond donors (Lipinski definition) is 1. The highest BCUT2D eigenvalue weighted by molar-refractivity contribution is 7.91. The van der Waals surface area contributed by atoms with Crippen LogP contribution in [0.15, 0.2) is 16.3 Å². The summed E-state index contributed by atoms with van der Waals surface area (Å²) in [7, 11) is -3.27. The van der Waals surface area contributed by atoms with Crippen LogP contribution in [0.25, 0.3) is 0 Å². The van der Waals surface area contributed by atoms with Crippen molar-refractivity contribution < 1.29 is 8.42 Å². The predicted molar refractivity (Wildman–Crippen MR) is 83.5 cm³/mol. The van der Waals surface area contributed by atoms with E-state index in [2.05, 4.69) is 19.2 Å². The Labute approximate surface area is 126 Å². The monoisotopic (exact) mass is 316 g/mol. The Morgan fingerprint density at radius 3 is 2.70 bits per heavy atom. The molecule has 0 radical (unpaired) electrons. The van der Waals surface area contributed by atoms with Crippen LogP contribution in [0.2, 0.25) is 0 Å². The Morgan fingerprint density at radius 1 is 1.35 bits per heavy atom. The molecule has 1 saturated heterocycles. The molecule has 1 aliphatic heterocycles. The summed E-state index contributed by atoms with van der Waals surface area (Å²) >= 11 is 1.39. The minimum absolute atomic E-state index is 0.486. The Balaban J connectivity index is 2.02. The third kappa shape index (κ3) is 3.81. The number of rotatable bonds is 6.